The molecule has 0 atom stereocenters. The quantitative estimate of drug-likeness (QED) is 0.461. The maximum absolute atomic E-state index is 12.6. The maximum atomic E-state index is 12.6. The minimum absolute atomic E-state index is 0.165. The Morgan fingerprint density at radius 2 is 1.68 bits per heavy atom. The van der Waals surface area contributed by atoms with E-state index in [9.17, 15) is 23.1 Å². The Kier molecular flexibility index (Phi) is 6.65. The molecule has 31 heavy (non-hydrogen) atoms. The van der Waals surface area contributed by atoms with Crippen molar-refractivity contribution in [2.45, 2.75) is 13.1 Å². The minimum Gasteiger partial charge on any atom is -0.489 e. The minimum atomic E-state index is -4.36. The molecule has 0 unspecified atom stereocenters. The van der Waals surface area contributed by atoms with Crippen LogP contribution in [0.3, 0.4) is 0 Å². The van der Waals surface area contributed by atoms with Gasteiger partial charge >= 0.3 is 12.1 Å². The molecular formula is C24H19F3O4. The zero-order valence-electron chi connectivity index (χ0n) is 16.5. The summed E-state index contributed by atoms with van der Waals surface area (Å²) in [6, 6.07) is 16.5. The lowest BCUT2D eigenvalue weighted by Crippen LogP contribution is -2.03. The summed E-state index contributed by atoms with van der Waals surface area (Å²) in [5.74, 6) is 0.413. The lowest BCUT2D eigenvalue weighted by molar-refractivity contribution is -0.137. The van der Waals surface area contributed by atoms with Crippen LogP contribution in [0.4, 0.5) is 13.2 Å². The Hall–Kier alpha value is -3.74. The van der Waals surface area contributed by atoms with E-state index in [4.69, 9.17) is 9.47 Å². The Morgan fingerprint density at radius 3 is 2.35 bits per heavy atom. The normalized spacial score (nSPS) is 11.5. The number of ether oxygens (including phenoxy) is 2. The summed E-state index contributed by atoms with van der Waals surface area (Å²) in [5, 5.41) is 9.22. The van der Waals surface area contributed by atoms with Gasteiger partial charge in [0.2, 0.25) is 0 Å². The average molecular weight is 428 g/mol. The van der Waals surface area contributed by atoms with Gasteiger partial charge in [-0.2, -0.15) is 13.2 Å². The van der Waals surface area contributed by atoms with Crippen LogP contribution in [-0.4, -0.2) is 17.7 Å². The van der Waals surface area contributed by atoms with Crippen molar-refractivity contribution < 1.29 is 32.5 Å². The number of carbonyl (C=O) groups is 1. The van der Waals surface area contributed by atoms with Crippen LogP contribution in [0, 0.1) is 6.92 Å². The molecule has 0 spiro atoms. The first-order chi connectivity index (χ1) is 14.7. The van der Waals surface area contributed by atoms with Crippen LogP contribution < -0.4 is 9.47 Å². The average Bonchev–Trinajstić information content (AvgIpc) is 2.72. The van der Waals surface area contributed by atoms with E-state index in [2.05, 4.69) is 0 Å². The predicted octanol–water partition coefficient (Wildman–Crippen LogP) is 6.60. The van der Waals surface area contributed by atoms with Gasteiger partial charge in [0.05, 0.1) is 11.1 Å². The molecule has 7 heteroatoms. The van der Waals surface area contributed by atoms with Crippen molar-refractivity contribution in [3.63, 3.8) is 0 Å². The van der Waals surface area contributed by atoms with E-state index < -0.39 is 17.7 Å². The molecule has 0 aromatic heterocycles. The molecule has 1 N–H and O–H groups in total. The van der Waals surface area contributed by atoms with E-state index in [0.29, 0.717) is 28.4 Å². The van der Waals surface area contributed by atoms with Crippen LogP contribution in [0.5, 0.6) is 17.2 Å². The van der Waals surface area contributed by atoms with Crippen LogP contribution in [0.15, 0.2) is 72.8 Å². The Balaban J connectivity index is 1.61. The zero-order valence-corrected chi connectivity index (χ0v) is 16.5. The van der Waals surface area contributed by atoms with E-state index in [-0.39, 0.29) is 12.2 Å². The van der Waals surface area contributed by atoms with Gasteiger partial charge in [0.15, 0.2) is 0 Å². The monoisotopic (exact) mass is 428 g/mol. The maximum Gasteiger partial charge on any atom is 0.416 e. The van der Waals surface area contributed by atoms with Crippen LogP contribution in [0.1, 0.15) is 27.0 Å². The first-order valence-corrected chi connectivity index (χ1v) is 9.31. The number of hydrogen-bond acceptors (Lipinski definition) is 3. The highest BCUT2D eigenvalue weighted by molar-refractivity contribution is 5.90. The van der Waals surface area contributed by atoms with Gasteiger partial charge in [-0.15, -0.1) is 0 Å². The van der Waals surface area contributed by atoms with Crippen molar-refractivity contribution in [2.75, 3.05) is 6.61 Å². The van der Waals surface area contributed by atoms with Crippen LogP contribution >= 0.6 is 0 Å². The highest BCUT2D eigenvalue weighted by atomic mass is 19.4. The van der Waals surface area contributed by atoms with Crippen molar-refractivity contribution in [1.82, 2.24) is 0 Å². The Labute approximate surface area is 177 Å². The van der Waals surface area contributed by atoms with E-state index in [1.165, 1.54) is 18.2 Å². The van der Waals surface area contributed by atoms with Crippen molar-refractivity contribution in [1.29, 1.82) is 0 Å². The van der Waals surface area contributed by atoms with E-state index in [1.807, 2.05) is 0 Å². The van der Waals surface area contributed by atoms with E-state index >= 15 is 0 Å². The first kappa shape index (κ1) is 22.0. The van der Waals surface area contributed by atoms with Crippen molar-refractivity contribution in [2.24, 2.45) is 0 Å². The highest BCUT2D eigenvalue weighted by Gasteiger charge is 2.29. The van der Waals surface area contributed by atoms with Gasteiger partial charge in [0.1, 0.15) is 23.9 Å². The lowest BCUT2D eigenvalue weighted by atomic mass is 10.1. The fraction of sp³-hybridized carbons (Fsp3) is 0.125. The number of hydrogen-bond donors (Lipinski definition) is 1. The number of carboxylic acid groups (broad SMARTS) is 1. The molecule has 0 amide bonds. The molecule has 0 radical (unpaired) electrons. The number of aromatic carboxylic acids is 1. The molecule has 0 saturated heterocycles. The molecule has 0 fully saturated rings. The second-order valence-corrected chi connectivity index (χ2v) is 6.64. The lowest BCUT2D eigenvalue weighted by Gasteiger charge is -2.11. The van der Waals surface area contributed by atoms with Gasteiger partial charge in [-0.05, 0) is 55.0 Å². The topological polar surface area (TPSA) is 55.8 Å². The van der Waals surface area contributed by atoms with E-state index in [0.717, 1.165) is 12.1 Å². The third-order valence-electron chi connectivity index (χ3n) is 4.44. The van der Waals surface area contributed by atoms with Crippen molar-refractivity contribution in [3.8, 4) is 17.2 Å². The predicted molar refractivity (Wildman–Crippen MR) is 111 cm³/mol. The molecule has 0 aliphatic heterocycles. The molecule has 3 aromatic carbocycles. The fourth-order valence-electron chi connectivity index (χ4n) is 2.82. The number of alkyl halides is 3. The molecule has 0 saturated carbocycles. The van der Waals surface area contributed by atoms with Gasteiger partial charge in [-0.3, -0.25) is 0 Å². The number of halogens is 3. The molecule has 0 aliphatic carbocycles. The molecule has 160 valence electrons. The number of carboxylic acids is 1. The molecule has 3 rings (SSSR count). The number of rotatable bonds is 7. The summed E-state index contributed by atoms with van der Waals surface area (Å²) >= 11 is 0. The largest absolute Gasteiger partial charge is 0.489 e. The third-order valence-corrected chi connectivity index (χ3v) is 4.44. The Bertz CT molecular complexity index is 1090. The molecule has 0 bridgehead atoms. The fourth-order valence-corrected chi connectivity index (χ4v) is 2.82. The summed E-state index contributed by atoms with van der Waals surface area (Å²) in [7, 11) is 0. The summed E-state index contributed by atoms with van der Waals surface area (Å²) in [5.41, 5.74) is 0.614. The number of benzene rings is 3. The zero-order chi connectivity index (χ0) is 22.4. The second-order valence-electron chi connectivity index (χ2n) is 6.64. The standard InChI is InChI=1S/C24H19F3O4/c1-16-21(23(28)29)8-3-9-22(16)31-20-7-2-6-19(15-20)30-14-4-5-17-10-12-18(13-11-17)24(25,26)27/h2-13,15H,14H2,1H3,(H,28,29). The van der Waals surface area contributed by atoms with Crippen LogP contribution in [0.25, 0.3) is 6.08 Å². The smallest absolute Gasteiger partial charge is 0.416 e. The van der Waals surface area contributed by atoms with Gasteiger partial charge in [0.25, 0.3) is 0 Å². The van der Waals surface area contributed by atoms with Crippen LogP contribution in [0.2, 0.25) is 0 Å². The summed E-state index contributed by atoms with van der Waals surface area (Å²) in [4.78, 5) is 11.3. The molecule has 0 aliphatic rings. The summed E-state index contributed by atoms with van der Waals surface area (Å²) in [6.07, 6.45) is -0.996. The third kappa shape index (κ3) is 5.88. The molecule has 4 nitrogen and oxygen atoms in total. The SMILES string of the molecule is Cc1c(Oc2cccc(OCC=Cc3ccc(C(F)(F)F)cc3)c2)cccc1C(=O)O. The first-order valence-electron chi connectivity index (χ1n) is 9.31. The summed E-state index contributed by atoms with van der Waals surface area (Å²) in [6.45, 7) is 1.88. The van der Waals surface area contributed by atoms with Gasteiger partial charge in [-0.25, -0.2) is 4.79 Å². The van der Waals surface area contributed by atoms with Crippen molar-refractivity contribution >= 4 is 12.0 Å². The summed E-state index contributed by atoms with van der Waals surface area (Å²) < 4.78 is 49.2. The highest BCUT2D eigenvalue weighted by Crippen LogP contribution is 2.30. The molecule has 0 heterocycles. The Morgan fingerprint density at radius 1 is 1.00 bits per heavy atom. The molecular weight excluding hydrogens is 409 g/mol. The molecule has 3 aromatic rings. The van der Waals surface area contributed by atoms with Gasteiger partial charge in [0, 0.05) is 11.6 Å². The van der Waals surface area contributed by atoms with Gasteiger partial charge in [-0.1, -0.05) is 30.3 Å². The van der Waals surface area contributed by atoms with E-state index in [1.54, 1.807) is 55.5 Å². The second kappa shape index (κ2) is 9.38. The van der Waals surface area contributed by atoms with Gasteiger partial charge < -0.3 is 14.6 Å². The van der Waals surface area contributed by atoms with Crippen molar-refractivity contribution in [3.05, 3.63) is 95.1 Å². The van der Waals surface area contributed by atoms with Crippen LogP contribution in [-0.2, 0) is 6.18 Å².